The van der Waals surface area contributed by atoms with Gasteiger partial charge in [0.1, 0.15) is 6.20 Å². The van der Waals surface area contributed by atoms with Crippen LogP contribution in [0, 0.1) is 0 Å². The van der Waals surface area contributed by atoms with Gasteiger partial charge in [-0.2, -0.15) is 13.2 Å². The molecule has 2 nitrogen and oxygen atoms in total. The highest BCUT2D eigenvalue weighted by atomic mass is 19.4. The summed E-state index contributed by atoms with van der Waals surface area (Å²) in [5.74, 6) is 0. The quantitative estimate of drug-likeness (QED) is 0.511. The van der Waals surface area contributed by atoms with Gasteiger partial charge in [0.05, 0.1) is 0 Å². The molecule has 0 aromatic rings. The molecule has 1 aliphatic heterocycles. The van der Waals surface area contributed by atoms with Gasteiger partial charge in [0.15, 0.2) is 0 Å². The molecule has 1 N–H and O–H groups in total. The minimum absolute atomic E-state index is 0.806. The monoisotopic (exact) mass is 136 g/mol. The molecule has 0 saturated heterocycles. The minimum atomic E-state index is -4.32. The summed E-state index contributed by atoms with van der Waals surface area (Å²) < 4.78 is 34.6. The summed E-state index contributed by atoms with van der Waals surface area (Å²) in [7, 11) is 0. The highest BCUT2D eigenvalue weighted by Gasteiger charge is 2.40. The Morgan fingerprint density at radius 2 is 2.11 bits per heavy atom. The Morgan fingerprint density at radius 1 is 1.44 bits per heavy atom. The Bertz CT molecular complexity index is 167. The summed E-state index contributed by atoms with van der Waals surface area (Å²) in [6.07, 6.45) is -2.52. The Balaban J connectivity index is 2.73. The first-order valence-corrected chi connectivity index (χ1v) is 2.16. The summed E-state index contributed by atoms with van der Waals surface area (Å²) in [5.41, 5.74) is -0.887. The first kappa shape index (κ1) is 6.12. The van der Waals surface area contributed by atoms with Crippen molar-refractivity contribution < 1.29 is 13.2 Å². The van der Waals surface area contributed by atoms with Crippen LogP contribution in [0.15, 0.2) is 11.9 Å². The maximum Gasteiger partial charge on any atom is 0.461 e. The molecule has 9 heavy (non-hydrogen) atoms. The lowest BCUT2D eigenvalue weighted by Crippen LogP contribution is -2.13. The van der Waals surface area contributed by atoms with Crippen molar-refractivity contribution in [1.82, 2.24) is 10.3 Å². The molecule has 0 aliphatic carbocycles. The van der Waals surface area contributed by atoms with Gasteiger partial charge in [-0.25, -0.2) is 5.32 Å². The van der Waals surface area contributed by atoms with Gasteiger partial charge in [-0.15, -0.1) is 0 Å². The van der Waals surface area contributed by atoms with Crippen LogP contribution in [-0.2, 0) is 0 Å². The zero-order chi connectivity index (χ0) is 6.91. The van der Waals surface area contributed by atoms with E-state index < -0.39 is 11.9 Å². The second-order valence-electron chi connectivity index (χ2n) is 1.45. The molecule has 0 aromatic carbocycles. The number of nitrogens with one attached hydrogen (secondary N) is 1. The van der Waals surface area contributed by atoms with Gasteiger partial charge in [-0.1, -0.05) is 0 Å². The molecule has 0 amide bonds. The summed E-state index contributed by atoms with van der Waals surface area (Å²) in [6, 6.07) is 0. The fourth-order valence-corrected chi connectivity index (χ4v) is 0.415. The number of aliphatic imine (C=N–C) groups is 1. The third kappa shape index (κ3) is 1.22. The maximum absolute atomic E-state index is 11.5. The molecule has 1 aliphatic rings. The molecule has 1 rings (SSSR count). The van der Waals surface area contributed by atoms with Gasteiger partial charge in [0.25, 0.3) is 12.0 Å². The van der Waals surface area contributed by atoms with E-state index in [9.17, 15) is 13.2 Å². The number of rotatable bonds is 0. The molecule has 0 bridgehead atoms. The molecule has 0 fully saturated rings. The summed E-state index contributed by atoms with van der Waals surface area (Å²) in [6.45, 7) is 0. The number of hydrogen-bond acceptors (Lipinski definition) is 2. The van der Waals surface area contributed by atoms with Gasteiger partial charge >= 0.3 is 6.18 Å². The van der Waals surface area contributed by atoms with Crippen LogP contribution >= 0.6 is 0 Å². The topological polar surface area (TPSA) is 26.1 Å². The summed E-state index contributed by atoms with van der Waals surface area (Å²) >= 11 is 0. The lowest BCUT2D eigenvalue weighted by molar-refractivity contribution is -0.0940. The van der Waals surface area contributed by atoms with Crippen molar-refractivity contribution in [3.63, 3.8) is 0 Å². The molecule has 0 aromatic heterocycles. The van der Waals surface area contributed by atoms with Crippen LogP contribution in [-0.4, -0.2) is 12.5 Å². The van der Waals surface area contributed by atoms with Crippen molar-refractivity contribution in [2.45, 2.75) is 6.18 Å². The molecule has 5 heteroatoms. The fourth-order valence-electron chi connectivity index (χ4n) is 0.415. The SMILES string of the molecule is FC(F)(F)C1=CNC=[N+]1. The zero-order valence-electron chi connectivity index (χ0n) is 4.24. The average Bonchev–Trinajstić information content (AvgIpc) is 2.08. The smallest absolute Gasteiger partial charge is 0.246 e. The molecule has 1 heterocycles. The second kappa shape index (κ2) is 1.75. The first-order chi connectivity index (χ1) is 4.11. The highest BCUT2D eigenvalue weighted by Crippen LogP contribution is 2.22. The Labute approximate surface area is 49.1 Å². The van der Waals surface area contributed by atoms with Crippen LogP contribution < -0.4 is 10.3 Å². The van der Waals surface area contributed by atoms with Crippen molar-refractivity contribution in [2.24, 2.45) is 0 Å². The van der Waals surface area contributed by atoms with Crippen LogP contribution in [0.25, 0.3) is 0 Å². The number of halogens is 3. The van der Waals surface area contributed by atoms with Gasteiger partial charge in [-0.05, 0) is 4.99 Å². The van der Waals surface area contributed by atoms with E-state index in [-0.39, 0.29) is 0 Å². The maximum atomic E-state index is 11.5. The molecule has 0 atom stereocenters. The van der Waals surface area contributed by atoms with Crippen molar-refractivity contribution in [3.05, 3.63) is 11.9 Å². The lowest BCUT2D eigenvalue weighted by Gasteiger charge is -1.95. The molecular weight excluding hydrogens is 133 g/mol. The normalized spacial score (nSPS) is 17.4. The Kier molecular flexibility index (Phi) is 1.19. The molecular formula is C4H3F3N2+. The van der Waals surface area contributed by atoms with Gasteiger partial charge in [0, 0.05) is 0 Å². The molecule has 1 radical (unpaired) electrons. The molecule has 0 spiro atoms. The average molecular weight is 136 g/mol. The van der Waals surface area contributed by atoms with Crippen LogP contribution in [0.1, 0.15) is 0 Å². The van der Waals surface area contributed by atoms with E-state index in [2.05, 4.69) is 10.3 Å². The molecule has 0 saturated carbocycles. The first-order valence-electron chi connectivity index (χ1n) is 2.16. The largest absolute Gasteiger partial charge is 0.461 e. The summed E-state index contributed by atoms with van der Waals surface area (Å²) in [5, 5.41) is 2.21. The van der Waals surface area contributed by atoms with Crippen molar-refractivity contribution >= 4 is 6.34 Å². The highest BCUT2D eigenvalue weighted by molar-refractivity contribution is 5.59. The van der Waals surface area contributed by atoms with Crippen LogP contribution in [0.2, 0.25) is 0 Å². The number of allylic oxidation sites excluding steroid dienone is 1. The predicted molar refractivity (Wildman–Crippen MR) is 25.5 cm³/mol. The van der Waals surface area contributed by atoms with E-state index in [0.29, 0.717) is 0 Å². The molecule has 49 valence electrons. The van der Waals surface area contributed by atoms with E-state index in [1.165, 1.54) is 0 Å². The van der Waals surface area contributed by atoms with Gasteiger partial charge in [-0.3, -0.25) is 0 Å². The van der Waals surface area contributed by atoms with E-state index >= 15 is 0 Å². The molecule has 0 unspecified atom stereocenters. The van der Waals surface area contributed by atoms with Gasteiger partial charge < -0.3 is 0 Å². The number of hydrogen-bond donors (Lipinski definition) is 1. The minimum Gasteiger partial charge on any atom is -0.246 e. The third-order valence-electron chi connectivity index (χ3n) is 0.789. The third-order valence-corrected chi connectivity index (χ3v) is 0.789. The fraction of sp³-hybridized carbons (Fsp3) is 0.250. The van der Waals surface area contributed by atoms with Gasteiger partial charge in [0.2, 0.25) is 0 Å². The van der Waals surface area contributed by atoms with E-state index in [1.807, 2.05) is 0 Å². The lowest BCUT2D eigenvalue weighted by atomic mass is 10.5. The zero-order valence-corrected chi connectivity index (χ0v) is 4.24. The van der Waals surface area contributed by atoms with Crippen LogP contribution in [0.3, 0.4) is 0 Å². The van der Waals surface area contributed by atoms with E-state index in [1.54, 1.807) is 0 Å². The van der Waals surface area contributed by atoms with Crippen molar-refractivity contribution in [2.75, 3.05) is 0 Å². The van der Waals surface area contributed by atoms with Crippen molar-refractivity contribution in [1.29, 1.82) is 0 Å². The Hall–Kier alpha value is -1.00. The van der Waals surface area contributed by atoms with E-state index in [4.69, 9.17) is 0 Å². The van der Waals surface area contributed by atoms with Crippen LogP contribution in [0.4, 0.5) is 13.2 Å². The predicted octanol–water partition coefficient (Wildman–Crippen LogP) is 0.357. The van der Waals surface area contributed by atoms with Crippen LogP contribution in [0.5, 0.6) is 0 Å². The Morgan fingerprint density at radius 3 is 2.33 bits per heavy atom. The standard InChI is InChI=1S/C4H3F3N2/c5-4(6,7)3-1-8-2-9-3/h1-2,8H/q+1. The summed E-state index contributed by atoms with van der Waals surface area (Å²) in [4.78, 5) is 3.01. The number of alkyl halides is 3. The number of nitrogens with zero attached hydrogens (tertiary/aromatic N) is 1. The van der Waals surface area contributed by atoms with E-state index in [0.717, 1.165) is 12.5 Å². The van der Waals surface area contributed by atoms with Crippen molar-refractivity contribution in [3.8, 4) is 0 Å². The second-order valence-corrected chi connectivity index (χ2v) is 1.45.